The molecule has 0 radical (unpaired) electrons. The maximum Gasteiger partial charge on any atom is 0.309 e. The molecule has 0 atom stereocenters. The molecule has 88 valence electrons. The van der Waals surface area contributed by atoms with Gasteiger partial charge in [-0.3, -0.25) is 4.79 Å². The number of carboxylic acid groups (broad SMARTS) is 1. The van der Waals surface area contributed by atoms with E-state index in [1.54, 1.807) is 13.8 Å². The molecule has 1 fully saturated rings. The quantitative estimate of drug-likeness (QED) is 0.774. The molecule has 0 saturated carbocycles. The maximum atomic E-state index is 11.5. The van der Waals surface area contributed by atoms with Crippen LogP contribution < -0.4 is 0 Å². The average molecular weight is 235 g/mol. The Kier molecular flexibility index (Phi) is 3.40. The van der Waals surface area contributed by atoms with Crippen molar-refractivity contribution in [2.24, 2.45) is 5.41 Å². The Morgan fingerprint density at radius 3 is 2.20 bits per heavy atom. The molecule has 1 heterocycles. The Bertz CT molecular complexity index is 341. The van der Waals surface area contributed by atoms with Gasteiger partial charge in [-0.1, -0.05) is 0 Å². The number of aliphatic carboxylic acids is 1. The van der Waals surface area contributed by atoms with Gasteiger partial charge in [0.1, 0.15) is 0 Å². The van der Waals surface area contributed by atoms with E-state index in [4.69, 9.17) is 5.11 Å². The van der Waals surface area contributed by atoms with Gasteiger partial charge in [-0.15, -0.1) is 0 Å². The Morgan fingerprint density at radius 2 is 1.87 bits per heavy atom. The number of rotatable bonds is 3. The third-order valence-corrected chi connectivity index (χ3v) is 4.98. The molecule has 1 aliphatic rings. The van der Waals surface area contributed by atoms with Gasteiger partial charge in [0.15, 0.2) is 0 Å². The van der Waals surface area contributed by atoms with E-state index in [0.29, 0.717) is 25.9 Å². The van der Waals surface area contributed by atoms with Gasteiger partial charge in [0.05, 0.1) is 11.2 Å². The molecule has 0 aromatic rings. The summed E-state index contributed by atoms with van der Waals surface area (Å²) in [4.78, 5) is 10.9. The summed E-state index contributed by atoms with van der Waals surface area (Å²) in [6.45, 7) is 3.91. The van der Waals surface area contributed by atoms with Gasteiger partial charge in [0.2, 0.25) is 10.0 Å². The highest BCUT2D eigenvalue weighted by atomic mass is 32.2. The minimum Gasteiger partial charge on any atom is -0.481 e. The van der Waals surface area contributed by atoms with E-state index in [2.05, 4.69) is 0 Å². The number of hydrogen-bond donors (Lipinski definition) is 1. The number of nitrogens with zero attached hydrogens (tertiary/aromatic N) is 1. The van der Waals surface area contributed by atoms with Crippen molar-refractivity contribution in [1.82, 2.24) is 4.31 Å². The molecule has 1 N–H and O–H groups in total. The molecule has 15 heavy (non-hydrogen) atoms. The third kappa shape index (κ3) is 2.49. The van der Waals surface area contributed by atoms with E-state index in [1.807, 2.05) is 0 Å². The molecular formula is C9H17NO4S. The van der Waals surface area contributed by atoms with E-state index in [1.165, 1.54) is 4.31 Å². The Labute approximate surface area is 90.1 Å². The van der Waals surface area contributed by atoms with Crippen LogP contribution in [0.5, 0.6) is 0 Å². The molecule has 0 unspecified atom stereocenters. The van der Waals surface area contributed by atoms with Crippen molar-refractivity contribution in [2.45, 2.75) is 26.7 Å². The van der Waals surface area contributed by atoms with E-state index in [-0.39, 0.29) is 5.75 Å². The lowest BCUT2D eigenvalue weighted by Crippen LogP contribution is -2.45. The molecule has 0 aromatic carbocycles. The largest absolute Gasteiger partial charge is 0.481 e. The lowest BCUT2D eigenvalue weighted by Gasteiger charge is -2.35. The maximum absolute atomic E-state index is 11.5. The number of hydrogen-bond acceptors (Lipinski definition) is 3. The fraction of sp³-hybridized carbons (Fsp3) is 0.889. The van der Waals surface area contributed by atoms with E-state index < -0.39 is 21.4 Å². The highest BCUT2D eigenvalue weighted by molar-refractivity contribution is 7.89. The zero-order valence-electron chi connectivity index (χ0n) is 9.06. The summed E-state index contributed by atoms with van der Waals surface area (Å²) in [7, 11) is -3.16. The molecule has 6 heteroatoms. The lowest BCUT2D eigenvalue weighted by atomic mass is 9.81. The van der Waals surface area contributed by atoms with Gasteiger partial charge >= 0.3 is 5.97 Å². The summed E-state index contributed by atoms with van der Waals surface area (Å²) in [5.41, 5.74) is -0.764. The molecule has 0 aliphatic carbocycles. The first-order valence-electron chi connectivity index (χ1n) is 5.03. The molecule has 1 aliphatic heterocycles. The van der Waals surface area contributed by atoms with Crippen LogP contribution in [0.4, 0.5) is 0 Å². The van der Waals surface area contributed by atoms with Gasteiger partial charge < -0.3 is 5.11 Å². The summed E-state index contributed by atoms with van der Waals surface area (Å²) >= 11 is 0. The van der Waals surface area contributed by atoms with Crippen LogP contribution in [0.15, 0.2) is 0 Å². The van der Waals surface area contributed by atoms with Crippen LogP contribution in [0, 0.1) is 5.41 Å². The van der Waals surface area contributed by atoms with Crippen LogP contribution in [-0.2, 0) is 14.8 Å². The molecule has 0 amide bonds. The lowest BCUT2D eigenvalue weighted by molar-refractivity contribution is -0.150. The number of sulfonamides is 1. The minimum absolute atomic E-state index is 0.0801. The van der Waals surface area contributed by atoms with Crippen molar-refractivity contribution >= 4 is 16.0 Å². The van der Waals surface area contributed by atoms with Crippen LogP contribution >= 0.6 is 0 Å². The van der Waals surface area contributed by atoms with Crippen LogP contribution in [0.1, 0.15) is 26.7 Å². The molecule has 1 saturated heterocycles. The van der Waals surface area contributed by atoms with Gasteiger partial charge in [-0.25, -0.2) is 12.7 Å². The molecular weight excluding hydrogens is 218 g/mol. The molecule has 5 nitrogen and oxygen atoms in total. The zero-order valence-corrected chi connectivity index (χ0v) is 9.88. The summed E-state index contributed by atoms with van der Waals surface area (Å²) in [5, 5.41) is 8.98. The number of piperidine rings is 1. The predicted octanol–water partition coefficient (Wildman–Crippen LogP) is 0.523. The Morgan fingerprint density at radius 1 is 1.40 bits per heavy atom. The second-order valence-electron chi connectivity index (χ2n) is 4.17. The Balaban J connectivity index is 2.68. The van der Waals surface area contributed by atoms with Crippen molar-refractivity contribution in [2.75, 3.05) is 18.8 Å². The summed E-state index contributed by atoms with van der Waals surface area (Å²) in [6.07, 6.45) is 0.781. The van der Waals surface area contributed by atoms with Crippen molar-refractivity contribution in [3.8, 4) is 0 Å². The van der Waals surface area contributed by atoms with E-state index >= 15 is 0 Å². The van der Waals surface area contributed by atoms with Gasteiger partial charge in [-0.05, 0) is 26.7 Å². The molecule has 0 spiro atoms. The van der Waals surface area contributed by atoms with E-state index in [0.717, 1.165) is 0 Å². The van der Waals surface area contributed by atoms with Crippen LogP contribution in [0.3, 0.4) is 0 Å². The summed E-state index contributed by atoms with van der Waals surface area (Å²) < 4.78 is 24.4. The first kappa shape index (κ1) is 12.4. The van der Waals surface area contributed by atoms with Crippen molar-refractivity contribution in [1.29, 1.82) is 0 Å². The van der Waals surface area contributed by atoms with Crippen molar-refractivity contribution < 1.29 is 18.3 Å². The summed E-state index contributed by atoms with van der Waals surface area (Å²) in [5.74, 6) is -0.757. The minimum atomic E-state index is -3.16. The van der Waals surface area contributed by atoms with Crippen LogP contribution in [-0.4, -0.2) is 42.6 Å². The molecule has 0 aromatic heterocycles. The highest BCUT2D eigenvalue weighted by Gasteiger charge is 2.39. The number of carboxylic acids is 1. The normalized spacial score (nSPS) is 22.5. The third-order valence-electron chi connectivity index (χ3n) is 3.10. The van der Waals surface area contributed by atoms with Gasteiger partial charge in [0, 0.05) is 13.1 Å². The Hall–Kier alpha value is -0.620. The summed E-state index contributed by atoms with van der Waals surface area (Å²) in [6, 6.07) is 0. The van der Waals surface area contributed by atoms with Gasteiger partial charge in [0.25, 0.3) is 0 Å². The smallest absolute Gasteiger partial charge is 0.309 e. The van der Waals surface area contributed by atoms with Crippen LogP contribution in [0.25, 0.3) is 0 Å². The standard InChI is InChI=1S/C9H17NO4S/c1-3-15(13,14)10-6-4-9(2,5-7-10)8(11)12/h3-7H2,1-2H3,(H,11,12). The van der Waals surface area contributed by atoms with Crippen molar-refractivity contribution in [3.05, 3.63) is 0 Å². The monoisotopic (exact) mass is 235 g/mol. The second-order valence-corrected chi connectivity index (χ2v) is 6.42. The zero-order chi connectivity index (χ0) is 11.7. The molecule has 0 bridgehead atoms. The van der Waals surface area contributed by atoms with Crippen molar-refractivity contribution in [3.63, 3.8) is 0 Å². The predicted molar refractivity (Wildman–Crippen MR) is 56.0 cm³/mol. The first-order chi connectivity index (χ1) is 6.82. The topological polar surface area (TPSA) is 74.7 Å². The SMILES string of the molecule is CCS(=O)(=O)N1CCC(C)(C(=O)O)CC1. The van der Waals surface area contributed by atoms with Crippen LogP contribution in [0.2, 0.25) is 0 Å². The van der Waals surface area contributed by atoms with E-state index in [9.17, 15) is 13.2 Å². The first-order valence-corrected chi connectivity index (χ1v) is 6.64. The highest BCUT2D eigenvalue weighted by Crippen LogP contribution is 2.31. The van der Waals surface area contributed by atoms with Gasteiger partial charge in [-0.2, -0.15) is 0 Å². The number of carbonyl (C=O) groups is 1. The molecule has 1 rings (SSSR count). The fourth-order valence-corrected chi connectivity index (χ4v) is 2.76. The fourth-order valence-electron chi connectivity index (χ4n) is 1.65. The second kappa shape index (κ2) is 4.09. The average Bonchev–Trinajstić information content (AvgIpc) is 2.18.